The van der Waals surface area contributed by atoms with Crippen LogP contribution in [0.2, 0.25) is 0 Å². The van der Waals surface area contributed by atoms with Crippen LogP contribution in [0.1, 0.15) is 66.0 Å². The van der Waals surface area contributed by atoms with Gasteiger partial charge in [0.05, 0.1) is 17.0 Å². The topological polar surface area (TPSA) is 59.3 Å². The highest BCUT2D eigenvalue weighted by molar-refractivity contribution is 5.95. The standard InChI is InChI=1S/C27H30N4O/c1-19-23(18-29-25-17-24(27(2,3)4)30-31(19)25)26(32)28-16-15-22(20-11-7-5-8-12-20)21-13-9-6-10-14-21/h5-14,17-18,22H,15-16H2,1-4H3,(H,28,32). The van der Waals surface area contributed by atoms with Gasteiger partial charge in [-0.3, -0.25) is 4.79 Å². The van der Waals surface area contributed by atoms with Crippen molar-refractivity contribution in [2.75, 3.05) is 6.54 Å². The molecule has 2 aromatic carbocycles. The molecular formula is C27H30N4O. The molecule has 0 fully saturated rings. The number of hydrogen-bond donors (Lipinski definition) is 1. The molecule has 0 unspecified atom stereocenters. The van der Waals surface area contributed by atoms with Gasteiger partial charge in [0.1, 0.15) is 0 Å². The van der Waals surface area contributed by atoms with E-state index < -0.39 is 0 Å². The molecule has 2 aromatic heterocycles. The predicted octanol–water partition coefficient (Wildman–Crippen LogP) is 5.29. The average Bonchev–Trinajstić information content (AvgIpc) is 3.24. The molecule has 164 valence electrons. The average molecular weight is 427 g/mol. The van der Waals surface area contributed by atoms with Gasteiger partial charge in [0.15, 0.2) is 5.65 Å². The van der Waals surface area contributed by atoms with Gasteiger partial charge in [0.25, 0.3) is 5.91 Å². The number of rotatable bonds is 6. The zero-order valence-electron chi connectivity index (χ0n) is 19.2. The Hall–Kier alpha value is -3.47. The van der Waals surface area contributed by atoms with Gasteiger partial charge in [-0.2, -0.15) is 5.10 Å². The van der Waals surface area contributed by atoms with Crippen molar-refractivity contribution in [1.29, 1.82) is 0 Å². The quantitative estimate of drug-likeness (QED) is 0.456. The maximum Gasteiger partial charge on any atom is 0.254 e. The minimum atomic E-state index is -0.121. The highest BCUT2D eigenvalue weighted by atomic mass is 16.1. The predicted molar refractivity (Wildman–Crippen MR) is 128 cm³/mol. The van der Waals surface area contributed by atoms with E-state index in [-0.39, 0.29) is 17.2 Å². The smallest absolute Gasteiger partial charge is 0.254 e. The Morgan fingerprint density at radius 3 is 2.16 bits per heavy atom. The number of carbonyl (C=O) groups is 1. The lowest BCUT2D eigenvalue weighted by atomic mass is 9.88. The van der Waals surface area contributed by atoms with Crippen LogP contribution in [0.15, 0.2) is 72.9 Å². The summed E-state index contributed by atoms with van der Waals surface area (Å²) >= 11 is 0. The third kappa shape index (κ3) is 4.57. The van der Waals surface area contributed by atoms with Crippen LogP contribution in [0.3, 0.4) is 0 Å². The molecule has 0 spiro atoms. The van der Waals surface area contributed by atoms with E-state index in [0.717, 1.165) is 23.5 Å². The van der Waals surface area contributed by atoms with E-state index >= 15 is 0 Å². The van der Waals surface area contributed by atoms with Crippen molar-refractivity contribution in [2.45, 2.75) is 45.4 Å². The number of aromatic nitrogens is 3. The molecule has 4 rings (SSSR count). The molecule has 0 bridgehead atoms. The summed E-state index contributed by atoms with van der Waals surface area (Å²) in [5, 5.41) is 7.78. The van der Waals surface area contributed by atoms with Gasteiger partial charge >= 0.3 is 0 Å². The van der Waals surface area contributed by atoms with Gasteiger partial charge in [0, 0.05) is 30.1 Å². The Morgan fingerprint density at radius 2 is 1.59 bits per heavy atom. The first-order valence-electron chi connectivity index (χ1n) is 11.1. The normalized spacial score (nSPS) is 11.8. The van der Waals surface area contributed by atoms with Crippen LogP contribution >= 0.6 is 0 Å². The second kappa shape index (κ2) is 8.95. The highest BCUT2D eigenvalue weighted by Crippen LogP contribution is 2.27. The number of benzene rings is 2. The summed E-state index contributed by atoms with van der Waals surface area (Å²) in [5.74, 6) is 0.101. The fourth-order valence-corrected chi connectivity index (χ4v) is 3.96. The van der Waals surface area contributed by atoms with Gasteiger partial charge in [-0.05, 0) is 24.5 Å². The molecule has 0 saturated carbocycles. The van der Waals surface area contributed by atoms with Crippen LogP contribution in [0.5, 0.6) is 0 Å². The van der Waals surface area contributed by atoms with E-state index in [9.17, 15) is 4.79 Å². The number of fused-ring (bicyclic) bond motifs is 1. The molecule has 1 amide bonds. The molecule has 0 saturated heterocycles. The molecule has 32 heavy (non-hydrogen) atoms. The summed E-state index contributed by atoms with van der Waals surface area (Å²) in [4.78, 5) is 17.5. The van der Waals surface area contributed by atoms with Gasteiger partial charge in [-0.15, -0.1) is 0 Å². The molecule has 5 heteroatoms. The Bertz CT molecular complexity index is 1170. The summed E-state index contributed by atoms with van der Waals surface area (Å²) in [6, 6.07) is 22.9. The fourth-order valence-electron chi connectivity index (χ4n) is 3.96. The minimum absolute atomic E-state index is 0.0769. The third-order valence-electron chi connectivity index (χ3n) is 5.86. The lowest BCUT2D eigenvalue weighted by Crippen LogP contribution is -2.27. The minimum Gasteiger partial charge on any atom is -0.352 e. The summed E-state index contributed by atoms with van der Waals surface area (Å²) in [6.45, 7) is 8.84. The number of nitrogens with zero attached hydrogens (tertiary/aromatic N) is 3. The van der Waals surface area contributed by atoms with Crippen molar-refractivity contribution in [3.63, 3.8) is 0 Å². The summed E-state index contributed by atoms with van der Waals surface area (Å²) in [5.41, 5.74) is 5.49. The number of hydrogen-bond acceptors (Lipinski definition) is 3. The second-order valence-corrected chi connectivity index (χ2v) is 9.23. The summed E-state index contributed by atoms with van der Waals surface area (Å²) in [6.07, 6.45) is 2.46. The highest BCUT2D eigenvalue weighted by Gasteiger charge is 2.21. The van der Waals surface area contributed by atoms with Crippen molar-refractivity contribution in [3.05, 3.63) is 101 Å². The van der Waals surface area contributed by atoms with Crippen molar-refractivity contribution >= 4 is 11.6 Å². The van der Waals surface area contributed by atoms with E-state index in [0.29, 0.717) is 12.1 Å². The van der Waals surface area contributed by atoms with Crippen molar-refractivity contribution < 1.29 is 4.79 Å². The molecule has 1 N–H and O–H groups in total. The Morgan fingerprint density at radius 1 is 1.00 bits per heavy atom. The maximum absolute atomic E-state index is 13.0. The molecule has 5 nitrogen and oxygen atoms in total. The van der Waals surface area contributed by atoms with E-state index in [4.69, 9.17) is 0 Å². The van der Waals surface area contributed by atoms with Gasteiger partial charge in [-0.1, -0.05) is 81.4 Å². The molecule has 0 radical (unpaired) electrons. The number of amides is 1. The molecule has 2 heterocycles. The Labute approximate surface area is 189 Å². The fraction of sp³-hybridized carbons (Fsp3) is 0.296. The van der Waals surface area contributed by atoms with E-state index in [1.165, 1.54) is 11.1 Å². The van der Waals surface area contributed by atoms with Crippen molar-refractivity contribution in [2.24, 2.45) is 0 Å². The summed E-state index contributed by atoms with van der Waals surface area (Å²) in [7, 11) is 0. The molecule has 4 aromatic rings. The Balaban J connectivity index is 1.50. The zero-order valence-corrected chi connectivity index (χ0v) is 19.2. The maximum atomic E-state index is 13.0. The number of aryl methyl sites for hydroxylation is 1. The molecular weight excluding hydrogens is 396 g/mol. The molecule has 0 aliphatic carbocycles. The SMILES string of the molecule is Cc1c(C(=O)NCCC(c2ccccc2)c2ccccc2)cnc2cc(C(C)(C)C)nn12. The first-order chi connectivity index (χ1) is 15.3. The number of carbonyl (C=O) groups excluding carboxylic acids is 1. The van der Waals surface area contributed by atoms with Gasteiger partial charge < -0.3 is 5.32 Å². The van der Waals surface area contributed by atoms with Gasteiger partial charge in [-0.25, -0.2) is 9.50 Å². The van der Waals surface area contributed by atoms with Crippen LogP contribution in [-0.2, 0) is 5.41 Å². The molecule has 0 atom stereocenters. The van der Waals surface area contributed by atoms with Crippen molar-refractivity contribution in [3.8, 4) is 0 Å². The van der Waals surface area contributed by atoms with Crippen LogP contribution in [0.4, 0.5) is 0 Å². The lowest BCUT2D eigenvalue weighted by Gasteiger charge is -2.18. The van der Waals surface area contributed by atoms with E-state index in [1.807, 2.05) is 25.1 Å². The largest absolute Gasteiger partial charge is 0.352 e. The zero-order chi connectivity index (χ0) is 22.7. The van der Waals surface area contributed by atoms with Crippen LogP contribution < -0.4 is 5.32 Å². The first kappa shape index (κ1) is 21.8. The van der Waals surface area contributed by atoms with E-state index in [2.05, 4.69) is 84.7 Å². The molecule has 0 aliphatic heterocycles. The molecule has 0 aliphatic rings. The lowest BCUT2D eigenvalue weighted by molar-refractivity contribution is 0.0951. The number of nitrogens with one attached hydrogen (secondary N) is 1. The summed E-state index contributed by atoms with van der Waals surface area (Å²) < 4.78 is 1.77. The van der Waals surface area contributed by atoms with Crippen LogP contribution in [-0.4, -0.2) is 27.0 Å². The second-order valence-electron chi connectivity index (χ2n) is 9.23. The van der Waals surface area contributed by atoms with Crippen LogP contribution in [0, 0.1) is 6.92 Å². The monoisotopic (exact) mass is 426 g/mol. The van der Waals surface area contributed by atoms with Gasteiger partial charge in [0.2, 0.25) is 0 Å². The van der Waals surface area contributed by atoms with Crippen LogP contribution in [0.25, 0.3) is 5.65 Å². The third-order valence-corrected chi connectivity index (χ3v) is 5.86. The van der Waals surface area contributed by atoms with Crippen molar-refractivity contribution in [1.82, 2.24) is 19.9 Å². The first-order valence-corrected chi connectivity index (χ1v) is 11.1. The Kier molecular flexibility index (Phi) is 6.08. The van der Waals surface area contributed by atoms with E-state index in [1.54, 1.807) is 10.7 Å².